The molecule has 0 aliphatic carbocycles. The Kier molecular flexibility index (Phi) is 33.8. The summed E-state index contributed by atoms with van der Waals surface area (Å²) in [5, 5.41) is 37.0. The first-order valence-electron chi connectivity index (χ1n) is 5.45. The van der Waals surface area contributed by atoms with E-state index in [4.69, 9.17) is 0 Å². The van der Waals surface area contributed by atoms with Crippen LogP contribution >= 0.6 is 0 Å². The molecule has 0 aliphatic rings. The Morgan fingerprint density at radius 2 is 0.423 bits per heavy atom. The number of rotatable bonds is 4. The molecule has 150 valence electrons. The summed E-state index contributed by atoms with van der Waals surface area (Å²) in [6, 6.07) is 0. The number of carbonyl (C=O) groups excluding carboxylic acids is 8. The van der Waals surface area contributed by atoms with Gasteiger partial charge in [-0.3, -0.25) is 19.2 Å². The average molecular weight is 466 g/mol. The van der Waals surface area contributed by atoms with E-state index in [1.807, 2.05) is 0 Å². The third-order valence-electron chi connectivity index (χ3n) is 1.15. The number of Topliss-reactive ketones (excluding diaryl/α,β-unsaturated/α-hetero) is 4. The van der Waals surface area contributed by atoms with Crippen molar-refractivity contribution in [1.82, 2.24) is 0 Å². The monoisotopic (exact) mass is 466 g/mol. The number of ketones is 4. The fraction of sp³-hybridized carbons (Fsp3) is 0.333. The first kappa shape index (κ1) is 38.9. The van der Waals surface area contributed by atoms with E-state index in [1.165, 1.54) is 0 Å². The second-order valence-electron chi connectivity index (χ2n) is 3.37. The van der Waals surface area contributed by atoms with Gasteiger partial charge in [0, 0.05) is 27.7 Å². The van der Waals surface area contributed by atoms with Crippen LogP contribution in [0.1, 0.15) is 27.7 Å². The molecule has 2 radical (unpaired) electrons. The smallest absolute Gasteiger partial charge is 0.542 e. The summed E-state index contributed by atoms with van der Waals surface area (Å²) < 4.78 is 0. The summed E-state index contributed by atoms with van der Waals surface area (Å²) in [6.45, 7) is 3.76. The molecule has 0 bridgehead atoms. The Morgan fingerprint density at radius 3 is 0.423 bits per heavy atom. The molecule has 12 nitrogen and oxygen atoms in total. The molecule has 0 aliphatic heterocycles. The van der Waals surface area contributed by atoms with Crippen molar-refractivity contribution in [3.63, 3.8) is 0 Å². The van der Waals surface area contributed by atoms with E-state index in [-0.39, 0.29) is 33.6 Å². The van der Waals surface area contributed by atoms with Crippen molar-refractivity contribution >= 4 is 47.0 Å². The minimum absolute atomic E-state index is 0. The average Bonchev–Trinajstić information content (AvgIpc) is 2.40. The largest absolute Gasteiger partial charge is 2.00 e. The quantitative estimate of drug-likeness (QED) is 0.352. The number of aliphatic carboxylic acids is 4. The molecule has 0 atom stereocenters. The fourth-order valence-corrected chi connectivity index (χ4v) is 0. The van der Waals surface area contributed by atoms with E-state index in [1.54, 1.807) is 0 Å². The van der Waals surface area contributed by atoms with Crippen LogP contribution in [-0.4, -0.2) is 47.0 Å². The van der Waals surface area contributed by atoms with Gasteiger partial charge in [0.1, 0.15) is 23.9 Å². The van der Waals surface area contributed by atoms with Crippen molar-refractivity contribution in [3.05, 3.63) is 0 Å². The molecule has 14 heteroatoms. The van der Waals surface area contributed by atoms with E-state index >= 15 is 0 Å². The number of carbonyl (C=O) groups is 8. The second kappa shape index (κ2) is 22.6. The Bertz CT molecular complexity index is 394. The third kappa shape index (κ3) is 49.6. The van der Waals surface area contributed by atoms with E-state index in [0.717, 1.165) is 27.7 Å². The van der Waals surface area contributed by atoms with Gasteiger partial charge in [-0.05, 0) is 0 Å². The number of carboxylic acids is 4. The van der Waals surface area contributed by atoms with Crippen molar-refractivity contribution in [2.45, 2.75) is 27.7 Å². The van der Waals surface area contributed by atoms with Crippen LogP contribution < -0.4 is 20.4 Å². The molecule has 26 heavy (non-hydrogen) atoms. The van der Waals surface area contributed by atoms with E-state index in [9.17, 15) is 58.8 Å². The Balaban J connectivity index is -0.0000000500. The van der Waals surface area contributed by atoms with Crippen LogP contribution in [0.2, 0.25) is 0 Å². The normalized spacial score (nSPS) is 6.92. The first-order chi connectivity index (χ1) is 10.6. The third-order valence-corrected chi connectivity index (χ3v) is 1.15. The van der Waals surface area contributed by atoms with Crippen LogP contribution in [0, 0.1) is 0 Å². The van der Waals surface area contributed by atoms with Crippen LogP contribution in [0.5, 0.6) is 0 Å². The number of hydrogen-bond acceptors (Lipinski definition) is 12. The van der Waals surface area contributed by atoms with Crippen molar-refractivity contribution in [2.75, 3.05) is 0 Å². The predicted molar refractivity (Wildman–Crippen MR) is 62.8 cm³/mol. The molecule has 0 amide bonds. The minimum atomic E-state index is -1.63. The fourth-order valence-electron chi connectivity index (χ4n) is 0. The topological polar surface area (TPSA) is 229 Å². The van der Waals surface area contributed by atoms with Gasteiger partial charge in [0.25, 0.3) is 0 Å². The van der Waals surface area contributed by atoms with E-state index in [0.29, 0.717) is 0 Å². The SMILES string of the molecule is CC(=O)C(=O)[O-].CC(=O)C(=O)[O-].CC(=O)C(=O)[O-].CC(=O)C(=O)[O-].[Co+2].[Co+2]. The summed E-state index contributed by atoms with van der Waals surface area (Å²) >= 11 is 0. The number of carboxylic acid groups (broad SMARTS) is 4. The standard InChI is InChI=1S/4C3H4O3.2Co/c4*1-2(4)3(5)6;;/h4*1H3,(H,5,6);;/q;;;;2*+2/p-4. The van der Waals surface area contributed by atoms with E-state index in [2.05, 4.69) is 0 Å². The molecule has 0 aromatic heterocycles. The van der Waals surface area contributed by atoms with Crippen LogP contribution in [-0.2, 0) is 71.9 Å². The maximum atomic E-state index is 9.48. The molecular weight excluding hydrogens is 454 g/mol. The maximum absolute atomic E-state index is 9.48. The maximum Gasteiger partial charge on any atom is 2.00 e. The molecule has 0 aromatic rings. The van der Waals surface area contributed by atoms with Gasteiger partial charge >= 0.3 is 33.6 Å². The van der Waals surface area contributed by atoms with Gasteiger partial charge in [-0.2, -0.15) is 0 Å². The van der Waals surface area contributed by atoms with Crippen LogP contribution in [0.4, 0.5) is 0 Å². The molecule has 0 saturated carbocycles. The van der Waals surface area contributed by atoms with Gasteiger partial charge in [0.05, 0.1) is 0 Å². The summed E-state index contributed by atoms with van der Waals surface area (Å²) in [6.07, 6.45) is 0. The summed E-state index contributed by atoms with van der Waals surface area (Å²) in [4.78, 5) is 74.9. The summed E-state index contributed by atoms with van der Waals surface area (Å²) in [5.41, 5.74) is 0. The Labute approximate surface area is 167 Å². The molecule has 0 rings (SSSR count). The van der Waals surface area contributed by atoms with Crippen molar-refractivity contribution in [2.24, 2.45) is 0 Å². The molecule has 0 fully saturated rings. The Hall–Kier alpha value is -2.43. The zero-order valence-corrected chi connectivity index (χ0v) is 15.6. The van der Waals surface area contributed by atoms with Gasteiger partial charge < -0.3 is 39.6 Å². The first-order valence-corrected chi connectivity index (χ1v) is 5.45. The van der Waals surface area contributed by atoms with Gasteiger partial charge in [0.15, 0.2) is 23.1 Å². The zero-order valence-electron chi connectivity index (χ0n) is 13.6. The van der Waals surface area contributed by atoms with Gasteiger partial charge in [-0.1, -0.05) is 0 Å². The predicted octanol–water partition coefficient (Wildman–Crippen LogP) is -6.70. The molecule has 0 spiro atoms. The molecule has 0 N–H and O–H groups in total. The van der Waals surface area contributed by atoms with Crippen molar-refractivity contribution in [1.29, 1.82) is 0 Å². The minimum Gasteiger partial charge on any atom is -0.542 e. The van der Waals surface area contributed by atoms with Gasteiger partial charge in [-0.25, -0.2) is 0 Å². The van der Waals surface area contributed by atoms with Crippen molar-refractivity contribution in [3.8, 4) is 0 Å². The molecule has 0 heterocycles. The van der Waals surface area contributed by atoms with Crippen LogP contribution in [0.3, 0.4) is 0 Å². The number of hydrogen-bond donors (Lipinski definition) is 0. The molecular formula is C12H12Co2O12. The van der Waals surface area contributed by atoms with Crippen LogP contribution in [0.25, 0.3) is 0 Å². The second-order valence-corrected chi connectivity index (χ2v) is 3.37. The zero-order chi connectivity index (χ0) is 20.6. The van der Waals surface area contributed by atoms with E-state index < -0.39 is 47.0 Å². The molecule has 0 saturated heterocycles. The van der Waals surface area contributed by atoms with Gasteiger partial charge in [0.2, 0.25) is 0 Å². The Morgan fingerprint density at radius 1 is 0.385 bits per heavy atom. The summed E-state index contributed by atoms with van der Waals surface area (Å²) in [7, 11) is 0. The van der Waals surface area contributed by atoms with Crippen molar-refractivity contribution < 1.29 is 92.3 Å². The molecule has 0 unspecified atom stereocenters. The van der Waals surface area contributed by atoms with Crippen LogP contribution in [0.15, 0.2) is 0 Å². The van der Waals surface area contributed by atoms with Gasteiger partial charge in [-0.15, -0.1) is 0 Å². The molecule has 0 aromatic carbocycles. The summed E-state index contributed by atoms with van der Waals surface area (Å²) in [5.74, 6) is -10.3.